The summed E-state index contributed by atoms with van der Waals surface area (Å²) in [5.41, 5.74) is 5.09. The van der Waals surface area contributed by atoms with Gasteiger partial charge in [-0.2, -0.15) is 0 Å². The topological polar surface area (TPSA) is 132 Å². The molecule has 1 aromatic rings. The molecule has 0 saturated heterocycles. The molecule has 1 heterocycles. The van der Waals surface area contributed by atoms with E-state index in [4.69, 9.17) is 20.0 Å². The van der Waals surface area contributed by atoms with Crippen LogP contribution in [-0.2, 0) is 20.9 Å². The predicted molar refractivity (Wildman–Crippen MR) is 81.5 cm³/mol. The number of ether oxygens (including phenoxy) is 1. The standard InChI is InChI=1S/C15H22N2O6/c1-8(2)4-11(16)14(20)17-9(3)15(21)23-6-10-5-12(18)13(19)7-22-10/h5,7-9,11,19H,4,6,16H2,1-3H3,(H,17,20)/t9-,11-/m0/s1. The Morgan fingerprint density at radius 2 is 2.04 bits per heavy atom. The van der Waals surface area contributed by atoms with Crippen LogP contribution in [0.25, 0.3) is 0 Å². The summed E-state index contributed by atoms with van der Waals surface area (Å²) in [5.74, 6) is -1.31. The normalized spacial score (nSPS) is 13.4. The van der Waals surface area contributed by atoms with Gasteiger partial charge in [-0.15, -0.1) is 0 Å². The highest BCUT2D eigenvalue weighted by Gasteiger charge is 2.22. The molecule has 8 heteroatoms. The first-order chi connectivity index (χ1) is 10.7. The second kappa shape index (κ2) is 8.33. The van der Waals surface area contributed by atoms with Gasteiger partial charge in [-0.25, -0.2) is 4.79 Å². The van der Waals surface area contributed by atoms with Crippen LogP contribution >= 0.6 is 0 Å². The van der Waals surface area contributed by atoms with Crippen LogP contribution in [0.15, 0.2) is 21.5 Å². The van der Waals surface area contributed by atoms with Gasteiger partial charge in [-0.3, -0.25) is 9.59 Å². The van der Waals surface area contributed by atoms with Gasteiger partial charge in [-0.05, 0) is 19.3 Å². The summed E-state index contributed by atoms with van der Waals surface area (Å²) in [6, 6.07) is -0.561. The number of rotatable bonds is 7. The van der Waals surface area contributed by atoms with Crippen LogP contribution in [0.3, 0.4) is 0 Å². The van der Waals surface area contributed by atoms with E-state index in [1.54, 1.807) is 0 Å². The highest BCUT2D eigenvalue weighted by atomic mass is 16.5. The van der Waals surface area contributed by atoms with Crippen LogP contribution in [-0.4, -0.2) is 29.1 Å². The van der Waals surface area contributed by atoms with Crippen LogP contribution in [0.5, 0.6) is 5.75 Å². The number of amides is 1. The van der Waals surface area contributed by atoms with Gasteiger partial charge in [0.05, 0.1) is 6.04 Å². The Morgan fingerprint density at radius 1 is 1.39 bits per heavy atom. The molecule has 128 valence electrons. The molecule has 0 aliphatic rings. The number of hydrogen-bond donors (Lipinski definition) is 3. The van der Waals surface area contributed by atoms with E-state index in [0.717, 1.165) is 12.3 Å². The lowest BCUT2D eigenvalue weighted by Gasteiger charge is -2.17. The summed E-state index contributed by atoms with van der Waals surface area (Å²) in [6.45, 7) is 5.06. The van der Waals surface area contributed by atoms with Crippen LogP contribution in [0.4, 0.5) is 0 Å². The second-order valence-corrected chi connectivity index (χ2v) is 5.67. The van der Waals surface area contributed by atoms with Crippen LogP contribution in [0.2, 0.25) is 0 Å². The predicted octanol–water partition coefficient (Wildman–Crippen LogP) is 0.267. The van der Waals surface area contributed by atoms with E-state index in [1.165, 1.54) is 6.92 Å². The fraction of sp³-hybridized carbons (Fsp3) is 0.533. The first kappa shape index (κ1) is 18.7. The fourth-order valence-corrected chi connectivity index (χ4v) is 1.78. The smallest absolute Gasteiger partial charge is 0.328 e. The molecule has 0 saturated carbocycles. The Morgan fingerprint density at radius 3 is 2.61 bits per heavy atom. The number of aromatic hydroxyl groups is 1. The summed E-state index contributed by atoms with van der Waals surface area (Å²) in [5, 5.41) is 11.5. The van der Waals surface area contributed by atoms with E-state index >= 15 is 0 Å². The molecule has 1 aromatic heterocycles. The number of carbonyl (C=O) groups is 2. The van der Waals surface area contributed by atoms with Gasteiger partial charge < -0.3 is 25.3 Å². The third-order valence-electron chi connectivity index (χ3n) is 3.00. The van der Waals surface area contributed by atoms with Gasteiger partial charge >= 0.3 is 5.97 Å². The van der Waals surface area contributed by atoms with E-state index in [9.17, 15) is 14.4 Å². The van der Waals surface area contributed by atoms with Crippen LogP contribution in [0, 0.1) is 5.92 Å². The molecular weight excluding hydrogens is 304 g/mol. The minimum atomic E-state index is -0.885. The van der Waals surface area contributed by atoms with Crippen molar-refractivity contribution < 1.29 is 23.8 Å². The lowest BCUT2D eigenvalue weighted by atomic mass is 10.0. The molecule has 23 heavy (non-hydrogen) atoms. The largest absolute Gasteiger partial charge is 0.502 e. The molecule has 0 aliphatic heterocycles. The zero-order valence-electron chi connectivity index (χ0n) is 13.4. The molecule has 0 unspecified atom stereocenters. The van der Waals surface area contributed by atoms with Crippen molar-refractivity contribution in [3.63, 3.8) is 0 Å². The van der Waals surface area contributed by atoms with Gasteiger partial charge in [0.2, 0.25) is 11.3 Å². The van der Waals surface area contributed by atoms with Gasteiger partial charge in [0.1, 0.15) is 24.7 Å². The molecular formula is C15H22N2O6. The van der Waals surface area contributed by atoms with Crippen molar-refractivity contribution >= 4 is 11.9 Å². The van der Waals surface area contributed by atoms with Crippen molar-refractivity contribution in [3.8, 4) is 5.75 Å². The van der Waals surface area contributed by atoms with E-state index < -0.39 is 35.1 Å². The number of carbonyl (C=O) groups excluding carboxylic acids is 2. The SMILES string of the molecule is CC(C)C[C@H](N)C(=O)N[C@@H](C)C(=O)OCc1cc(=O)c(O)co1. The zero-order valence-corrected chi connectivity index (χ0v) is 13.4. The van der Waals surface area contributed by atoms with Crippen molar-refractivity contribution in [1.82, 2.24) is 5.32 Å². The number of nitrogens with one attached hydrogen (secondary N) is 1. The third kappa shape index (κ3) is 6.11. The lowest BCUT2D eigenvalue weighted by molar-refractivity contribution is -0.149. The summed E-state index contributed by atoms with van der Waals surface area (Å²) >= 11 is 0. The Hall–Kier alpha value is -2.35. The maximum Gasteiger partial charge on any atom is 0.328 e. The van der Waals surface area contributed by atoms with Crippen LogP contribution in [0.1, 0.15) is 33.0 Å². The average Bonchev–Trinajstić information content (AvgIpc) is 2.47. The lowest BCUT2D eigenvalue weighted by Crippen LogP contribution is -2.48. The molecule has 8 nitrogen and oxygen atoms in total. The first-order valence-electron chi connectivity index (χ1n) is 7.24. The summed E-state index contributed by atoms with van der Waals surface area (Å²) in [4.78, 5) is 34.8. The quantitative estimate of drug-likeness (QED) is 0.612. The molecule has 0 aliphatic carbocycles. The van der Waals surface area contributed by atoms with Gasteiger partial charge in [0, 0.05) is 6.07 Å². The van der Waals surface area contributed by atoms with Crippen molar-refractivity contribution in [2.75, 3.05) is 0 Å². The molecule has 0 bridgehead atoms. The highest BCUT2D eigenvalue weighted by Crippen LogP contribution is 2.06. The number of nitrogens with two attached hydrogens (primary N) is 1. The van der Waals surface area contributed by atoms with Gasteiger partial charge in [-0.1, -0.05) is 13.8 Å². The summed E-state index contributed by atoms with van der Waals surface area (Å²) in [7, 11) is 0. The molecule has 0 radical (unpaired) electrons. The Bertz CT molecular complexity index is 610. The van der Waals surface area contributed by atoms with E-state index in [1.807, 2.05) is 13.8 Å². The third-order valence-corrected chi connectivity index (χ3v) is 3.00. The molecule has 0 spiro atoms. The van der Waals surface area contributed by atoms with Crippen molar-refractivity contribution in [3.05, 3.63) is 28.3 Å². The minimum absolute atomic E-state index is 0.0798. The Balaban J connectivity index is 2.49. The maximum atomic E-state index is 11.8. The highest BCUT2D eigenvalue weighted by molar-refractivity contribution is 5.87. The molecule has 0 fully saturated rings. The number of hydrogen-bond acceptors (Lipinski definition) is 7. The molecule has 1 amide bonds. The van der Waals surface area contributed by atoms with Crippen molar-refractivity contribution in [2.24, 2.45) is 11.7 Å². The summed E-state index contributed by atoms with van der Waals surface area (Å²) < 4.78 is 9.84. The van der Waals surface area contributed by atoms with E-state index in [-0.39, 0.29) is 18.3 Å². The zero-order chi connectivity index (χ0) is 17.6. The van der Waals surface area contributed by atoms with Gasteiger partial charge in [0.15, 0.2) is 5.75 Å². The van der Waals surface area contributed by atoms with Crippen LogP contribution < -0.4 is 16.5 Å². The molecule has 2 atom stereocenters. The molecule has 4 N–H and O–H groups in total. The van der Waals surface area contributed by atoms with Crippen molar-refractivity contribution in [2.45, 2.75) is 45.9 Å². The molecule has 0 aromatic carbocycles. The molecule has 1 rings (SSSR count). The Labute approximate surface area is 133 Å². The van der Waals surface area contributed by atoms with Gasteiger partial charge in [0.25, 0.3) is 0 Å². The maximum absolute atomic E-state index is 11.8. The van der Waals surface area contributed by atoms with Crippen molar-refractivity contribution in [1.29, 1.82) is 0 Å². The minimum Gasteiger partial charge on any atom is -0.502 e. The number of esters is 1. The first-order valence-corrected chi connectivity index (χ1v) is 7.24. The monoisotopic (exact) mass is 326 g/mol. The van der Waals surface area contributed by atoms with E-state index in [0.29, 0.717) is 6.42 Å². The summed E-state index contributed by atoms with van der Waals surface area (Å²) in [6.07, 6.45) is 1.37. The second-order valence-electron chi connectivity index (χ2n) is 5.67. The fourth-order valence-electron chi connectivity index (χ4n) is 1.78. The average molecular weight is 326 g/mol. The Kier molecular flexibility index (Phi) is 6.77. The van der Waals surface area contributed by atoms with E-state index in [2.05, 4.69) is 5.32 Å².